The van der Waals surface area contributed by atoms with Gasteiger partial charge in [0, 0.05) is 33.4 Å². The van der Waals surface area contributed by atoms with Gasteiger partial charge >= 0.3 is 0 Å². The second-order valence-electron chi connectivity index (χ2n) is 16.5. The zero-order valence-corrected chi connectivity index (χ0v) is 39.4. The Bertz CT molecular complexity index is 2070. The van der Waals surface area contributed by atoms with Crippen molar-refractivity contribution in [1.82, 2.24) is 0 Å². The Balaban J connectivity index is 1.81. The lowest BCUT2D eigenvalue weighted by Crippen LogP contribution is -2.43. The molecule has 0 fully saturated rings. The Labute approximate surface area is 372 Å². The van der Waals surface area contributed by atoms with E-state index < -0.39 is 8.07 Å². The van der Waals surface area contributed by atoms with E-state index in [2.05, 4.69) is 109 Å². The average Bonchev–Trinajstić information content (AvgIpc) is 3.27. The van der Waals surface area contributed by atoms with Crippen LogP contribution >= 0.6 is 0 Å². The van der Waals surface area contributed by atoms with Crippen LogP contribution in [0.25, 0.3) is 33.4 Å². The molecule has 0 aliphatic carbocycles. The molecule has 0 bridgehead atoms. The monoisotopic (exact) mass is 860 g/mol. The molecule has 9 heteroatoms. The number of hydrogen-bond donors (Lipinski definition) is 0. The van der Waals surface area contributed by atoms with E-state index in [1.165, 1.54) is 0 Å². The van der Waals surface area contributed by atoms with Crippen molar-refractivity contribution in [3.63, 3.8) is 0 Å². The summed E-state index contributed by atoms with van der Waals surface area (Å²) < 4.78 is 49.1. The molecule has 0 saturated heterocycles. The SMILES string of the molecule is C#Cc1cc(-c2ccc(OCCC)cc2)c2c(c1)-c1cc(C#C[Si](C(C)C)(C(C)C)C(C)C)cc(-c3ccc(OCCC)cc3)c1OCCOCCOCCOCCOCCO2. The number of hydrogen-bond acceptors (Lipinski definition) is 8. The summed E-state index contributed by atoms with van der Waals surface area (Å²) in [7, 11) is -2.11. The molecule has 0 N–H and O–H groups in total. The molecule has 332 valence electrons. The van der Waals surface area contributed by atoms with Crippen LogP contribution in [0.5, 0.6) is 23.0 Å². The van der Waals surface area contributed by atoms with E-state index in [4.69, 9.17) is 44.3 Å². The standard InChI is InChI=1S/C53H68O8Si/c1-10-22-58-46-17-13-44(14-18-46)48-35-42(12-3)36-50-51-38-43(21-34-62(39(4)5,40(6)7)41(8)9)37-49(45-15-19-47(20-16-45)59-23-11-2)53(51)61-33-31-57-29-27-55-25-24-54-26-28-56-30-32-60-52(48)50/h3,13-20,35-41H,10-11,22-33H2,1-2,4-9H3. The molecule has 4 aromatic carbocycles. The molecule has 1 aliphatic heterocycles. The zero-order chi connectivity index (χ0) is 44.3. The molecule has 4 aromatic rings. The average molecular weight is 861 g/mol. The van der Waals surface area contributed by atoms with Crippen molar-refractivity contribution in [2.75, 3.05) is 79.3 Å². The molecule has 62 heavy (non-hydrogen) atoms. The van der Waals surface area contributed by atoms with E-state index in [1.807, 2.05) is 36.4 Å². The molecule has 0 aromatic heterocycles. The predicted octanol–water partition coefficient (Wildman–Crippen LogP) is 11.7. The van der Waals surface area contributed by atoms with Gasteiger partial charge in [0.2, 0.25) is 0 Å². The molecule has 8 nitrogen and oxygen atoms in total. The summed E-state index contributed by atoms with van der Waals surface area (Å²) in [6, 6.07) is 24.6. The van der Waals surface area contributed by atoms with Gasteiger partial charge in [-0.3, -0.25) is 0 Å². The zero-order valence-electron chi connectivity index (χ0n) is 38.4. The fourth-order valence-corrected chi connectivity index (χ4v) is 13.5. The maximum absolute atomic E-state index is 6.89. The van der Waals surface area contributed by atoms with Crippen molar-refractivity contribution in [3.05, 3.63) is 83.9 Å². The summed E-state index contributed by atoms with van der Waals surface area (Å²) in [5.74, 6) is 9.66. The number of ether oxygens (including phenoxy) is 8. The second-order valence-corrected chi connectivity index (χ2v) is 22.1. The summed E-state index contributed by atoms with van der Waals surface area (Å²) >= 11 is 0. The Kier molecular flexibility index (Phi) is 19.3. The minimum Gasteiger partial charge on any atom is -0.494 e. The molecule has 0 atom stereocenters. The van der Waals surface area contributed by atoms with Crippen LogP contribution in [0.2, 0.25) is 16.6 Å². The molecule has 0 radical (unpaired) electrons. The van der Waals surface area contributed by atoms with Crippen molar-refractivity contribution in [2.45, 2.75) is 84.9 Å². The van der Waals surface area contributed by atoms with Gasteiger partial charge in [-0.15, -0.1) is 12.0 Å². The van der Waals surface area contributed by atoms with Crippen LogP contribution in [0.3, 0.4) is 0 Å². The first-order valence-electron chi connectivity index (χ1n) is 22.5. The summed E-state index contributed by atoms with van der Waals surface area (Å²) in [5, 5.41) is 0. The Morgan fingerprint density at radius 1 is 0.516 bits per heavy atom. The van der Waals surface area contributed by atoms with Gasteiger partial charge in [0.15, 0.2) is 0 Å². The van der Waals surface area contributed by atoms with Gasteiger partial charge in [-0.25, -0.2) is 0 Å². The Morgan fingerprint density at radius 2 is 0.871 bits per heavy atom. The quantitative estimate of drug-likeness (QED) is 0.109. The first-order chi connectivity index (χ1) is 30.1. The third-order valence-electron chi connectivity index (χ3n) is 11.3. The lowest BCUT2D eigenvalue weighted by Gasteiger charge is -2.38. The third-order valence-corrected chi connectivity index (χ3v) is 17.6. The van der Waals surface area contributed by atoms with Crippen LogP contribution in [0, 0.1) is 23.8 Å². The van der Waals surface area contributed by atoms with Crippen LogP contribution in [0.15, 0.2) is 72.8 Å². The first-order valence-corrected chi connectivity index (χ1v) is 24.7. The van der Waals surface area contributed by atoms with E-state index in [-0.39, 0.29) is 6.61 Å². The van der Waals surface area contributed by atoms with Crippen molar-refractivity contribution in [1.29, 1.82) is 0 Å². The van der Waals surface area contributed by atoms with Crippen LogP contribution in [-0.2, 0) is 18.9 Å². The summed E-state index contributed by atoms with van der Waals surface area (Å²) in [5.41, 5.74) is 12.2. The number of terminal acetylenes is 1. The van der Waals surface area contributed by atoms with Gasteiger partial charge in [0.1, 0.15) is 44.3 Å². The lowest BCUT2D eigenvalue weighted by atomic mass is 9.90. The Morgan fingerprint density at radius 3 is 1.24 bits per heavy atom. The fourth-order valence-electron chi connectivity index (χ4n) is 8.24. The highest BCUT2D eigenvalue weighted by molar-refractivity contribution is 6.90. The number of fused-ring (bicyclic) bond motifs is 3. The van der Waals surface area contributed by atoms with Crippen molar-refractivity contribution in [3.8, 4) is 80.2 Å². The smallest absolute Gasteiger partial charge is 0.146 e. The number of benzene rings is 4. The Hall–Kier alpha value is -4.74. The molecule has 0 spiro atoms. The van der Waals surface area contributed by atoms with Gasteiger partial charge in [-0.05, 0) is 89.1 Å². The van der Waals surface area contributed by atoms with Gasteiger partial charge in [-0.2, -0.15) is 0 Å². The number of rotatable bonds is 11. The van der Waals surface area contributed by atoms with Gasteiger partial charge in [-0.1, -0.05) is 91.5 Å². The first kappa shape index (κ1) is 48.3. The maximum atomic E-state index is 6.89. The molecular weight excluding hydrogens is 793 g/mol. The third kappa shape index (κ3) is 12.9. The van der Waals surface area contributed by atoms with Crippen molar-refractivity contribution < 1.29 is 37.9 Å². The highest BCUT2D eigenvalue weighted by Gasteiger charge is 2.41. The van der Waals surface area contributed by atoms with Gasteiger partial charge in [0.25, 0.3) is 0 Å². The summed E-state index contributed by atoms with van der Waals surface area (Å²) in [4.78, 5) is 0. The van der Waals surface area contributed by atoms with Crippen molar-refractivity contribution in [2.24, 2.45) is 0 Å². The molecule has 1 heterocycles. The van der Waals surface area contributed by atoms with E-state index in [0.29, 0.717) is 106 Å². The fraction of sp³-hybridized carbons (Fsp3) is 0.472. The summed E-state index contributed by atoms with van der Waals surface area (Å²) in [6.45, 7) is 23.6. The van der Waals surface area contributed by atoms with E-state index >= 15 is 0 Å². The lowest BCUT2D eigenvalue weighted by molar-refractivity contribution is -0.00702. The molecule has 0 saturated carbocycles. The maximum Gasteiger partial charge on any atom is 0.146 e. The van der Waals surface area contributed by atoms with Crippen LogP contribution in [-0.4, -0.2) is 87.4 Å². The summed E-state index contributed by atoms with van der Waals surface area (Å²) in [6.07, 6.45) is 8.12. The highest BCUT2D eigenvalue weighted by atomic mass is 28.3. The van der Waals surface area contributed by atoms with E-state index in [0.717, 1.165) is 63.3 Å². The second kappa shape index (κ2) is 24.8. The minimum atomic E-state index is -2.11. The molecule has 1 aliphatic rings. The van der Waals surface area contributed by atoms with Crippen LogP contribution < -0.4 is 18.9 Å². The van der Waals surface area contributed by atoms with Crippen molar-refractivity contribution >= 4 is 8.07 Å². The topological polar surface area (TPSA) is 73.8 Å². The van der Waals surface area contributed by atoms with Crippen LogP contribution in [0.1, 0.15) is 79.4 Å². The molecule has 0 amide bonds. The highest BCUT2D eigenvalue weighted by Crippen LogP contribution is 2.48. The normalized spacial score (nSPS) is 14.7. The largest absolute Gasteiger partial charge is 0.494 e. The molecular formula is C53H68O8Si. The minimum absolute atomic E-state index is 0.289. The van der Waals surface area contributed by atoms with E-state index in [1.54, 1.807) is 0 Å². The van der Waals surface area contributed by atoms with Gasteiger partial charge in [0.05, 0.1) is 66.1 Å². The molecule has 5 rings (SSSR count). The van der Waals surface area contributed by atoms with Crippen LogP contribution in [0.4, 0.5) is 0 Å². The van der Waals surface area contributed by atoms with Gasteiger partial charge < -0.3 is 37.9 Å². The van der Waals surface area contributed by atoms with E-state index in [9.17, 15) is 0 Å². The predicted molar refractivity (Wildman–Crippen MR) is 254 cm³/mol. The molecule has 0 unspecified atom stereocenters.